The Bertz CT molecular complexity index is 830. The van der Waals surface area contributed by atoms with E-state index in [2.05, 4.69) is 80.0 Å². The van der Waals surface area contributed by atoms with Gasteiger partial charge in [0.05, 0.1) is 17.3 Å². The fourth-order valence-electron chi connectivity index (χ4n) is 4.27. The van der Waals surface area contributed by atoms with E-state index in [1.54, 1.807) is 0 Å². The zero-order valence-electron chi connectivity index (χ0n) is 20.9. The maximum atomic E-state index is 6.45. The van der Waals surface area contributed by atoms with Crippen LogP contribution in [0.15, 0.2) is 42.5 Å². The second kappa shape index (κ2) is 13.5. The van der Waals surface area contributed by atoms with Gasteiger partial charge in [0, 0.05) is 26.2 Å². The third kappa shape index (κ3) is 8.38. The molecule has 5 heteroatoms. The van der Waals surface area contributed by atoms with Crippen molar-refractivity contribution in [3.05, 3.63) is 58.6 Å². The molecular weight excluding hydrogens is 451 g/mol. The van der Waals surface area contributed by atoms with Gasteiger partial charge in [-0.15, -0.1) is 12.4 Å². The van der Waals surface area contributed by atoms with Crippen LogP contribution < -0.4 is 9.64 Å². The number of unbranched alkanes of at least 4 members (excludes halogenated alkanes) is 3. The molecule has 2 aromatic rings. The van der Waals surface area contributed by atoms with Gasteiger partial charge in [-0.1, -0.05) is 63.4 Å². The molecule has 1 aliphatic rings. The van der Waals surface area contributed by atoms with Crippen molar-refractivity contribution in [2.45, 2.75) is 65.2 Å². The molecule has 0 aliphatic carbocycles. The van der Waals surface area contributed by atoms with Gasteiger partial charge in [-0.05, 0) is 73.5 Å². The first kappa shape index (κ1) is 27.8. The van der Waals surface area contributed by atoms with Crippen molar-refractivity contribution >= 4 is 29.7 Å². The highest BCUT2D eigenvalue weighted by Gasteiger charge is 2.19. The summed E-state index contributed by atoms with van der Waals surface area (Å²) < 4.78 is 5.95. The Balaban J connectivity index is 0.00000385. The smallest absolute Gasteiger partial charge is 0.119 e. The second-order valence-corrected chi connectivity index (χ2v) is 10.2. The molecule has 3 nitrogen and oxygen atoms in total. The number of benzene rings is 2. The maximum absolute atomic E-state index is 6.45. The van der Waals surface area contributed by atoms with Crippen molar-refractivity contribution in [3.63, 3.8) is 0 Å². The molecular formula is C28H42Cl2N2O. The summed E-state index contributed by atoms with van der Waals surface area (Å²) in [6.07, 6.45) is 6.05. The molecule has 0 radical (unpaired) electrons. The Labute approximate surface area is 212 Å². The first-order valence-electron chi connectivity index (χ1n) is 12.4. The zero-order chi connectivity index (χ0) is 23.0. The van der Waals surface area contributed by atoms with E-state index >= 15 is 0 Å². The van der Waals surface area contributed by atoms with E-state index in [1.807, 2.05) is 0 Å². The number of hydrogen-bond acceptors (Lipinski definition) is 3. The number of ether oxygens (including phenoxy) is 1. The quantitative estimate of drug-likeness (QED) is 0.301. The van der Waals surface area contributed by atoms with E-state index in [1.165, 1.54) is 42.6 Å². The normalized spacial score (nSPS) is 14.8. The van der Waals surface area contributed by atoms with Crippen molar-refractivity contribution in [1.29, 1.82) is 0 Å². The van der Waals surface area contributed by atoms with E-state index in [4.69, 9.17) is 16.3 Å². The van der Waals surface area contributed by atoms with Gasteiger partial charge in [0.2, 0.25) is 0 Å². The van der Waals surface area contributed by atoms with Crippen molar-refractivity contribution in [1.82, 2.24) is 4.90 Å². The van der Waals surface area contributed by atoms with Crippen LogP contribution in [0.25, 0.3) is 0 Å². The lowest BCUT2D eigenvalue weighted by Gasteiger charge is -2.36. The molecule has 0 amide bonds. The molecule has 1 heterocycles. The molecule has 1 aliphatic heterocycles. The first-order chi connectivity index (χ1) is 15.4. The fourth-order valence-corrected chi connectivity index (χ4v) is 4.62. The molecule has 0 aromatic heterocycles. The van der Waals surface area contributed by atoms with Crippen LogP contribution in [-0.2, 0) is 5.41 Å². The highest BCUT2D eigenvalue weighted by Crippen LogP contribution is 2.29. The predicted molar refractivity (Wildman–Crippen MR) is 146 cm³/mol. The average molecular weight is 494 g/mol. The summed E-state index contributed by atoms with van der Waals surface area (Å²) >= 11 is 6.45. The summed E-state index contributed by atoms with van der Waals surface area (Å²) in [5.74, 6) is 0.993. The Hall–Kier alpha value is -1.42. The molecule has 1 saturated heterocycles. The highest BCUT2D eigenvalue weighted by molar-refractivity contribution is 6.33. The lowest BCUT2D eigenvalue weighted by Crippen LogP contribution is -2.46. The molecule has 0 unspecified atom stereocenters. The summed E-state index contributed by atoms with van der Waals surface area (Å²) in [5, 5.41) is 0.876. The largest absolute Gasteiger partial charge is 0.494 e. The maximum Gasteiger partial charge on any atom is 0.119 e. The number of rotatable bonds is 11. The Kier molecular flexibility index (Phi) is 11.4. The van der Waals surface area contributed by atoms with Crippen LogP contribution in [0.4, 0.5) is 5.69 Å². The molecule has 0 N–H and O–H groups in total. The van der Waals surface area contributed by atoms with Gasteiger partial charge in [0.25, 0.3) is 0 Å². The summed E-state index contributed by atoms with van der Waals surface area (Å²) in [4.78, 5) is 5.01. The SMILES string of the molecule is CCC(C)(C)c1ccc(OCCCCCCN2CCN(c3ccc(C)cc3Cl)CC2)cc1.Cl. The van der Waals surface area contributed by atoms with Crippen LogP contribution in [0.2, 0.25) is 5.02 Å². The van der Waals surface area contributed by atoms with E-state index in [0.717, 1.165) is 56.4 Å². The van der Waals surface area contributed by atoms with Crippen LogP contribution in [-0.4, -0.2) is 44.2 Å². The Morgan fingerprint density at radius 1 is 0.909 bits per heavy atom. The molecule has 0 spiro atoms. The molecule has 0 bridgehead atoms. The van der Waals surface area contributed by atoms with Crippen LogP contribution in [0, 0.1) is 6.92 Å². The van der Waals surface area contributed by atoms with Crippen molar-refractivity contribution in [2.75, 3.05) is 44.2 Å². The number of aryl methyl sites for hydroxylation is 1. The number of anilines is 1. The monoisotopic (exact) mass is 492 g/mol. The minimum atomic E-state index is 0. The highest BCUT2D eigenvalue weighted by atomic mass is 35.5. The molecule has 0 atom stereocenters. The molecule has 1 fully saturated rings. The van der Waals surface area contributed by atoms with Crippen LogP contribution in [0.3, 0.4) is 0 Å². The number of nitrogens with zero attached hydrogens (tertiary/aromatic N) is 2. The molecule has 0 saturated carbocycles. The molecule has 3 rings (SSSR count). The topological polar surface area (TPSA) is 15.7 Å². The standard InChI is InChI=1S/C28H41ClN2O.ClH/c1-5-28(3,4)24-11-13-25(14-12-24)32-21-9-7-6-8-16-30-17-19-31(20-18-30)27-15-10-23(2)22-26(27)29;/h10-15,22H,5-9,16-21H2,1-4H3;1H. The minimum absolute atomic E-state index is 0. The van der Waals surface area contributed by atoms with Crippen molar-refractivity contribution in [3.8, 4) is 5.75 Å². The van der Waals surface area contributed by atoms with Crippen LogP contribution >= 0.6 is 24.0 Å². The van der Waals surface area contributed by atoms with Crippen LogP contribution in [0.5, 0.6) is 5.75 Å². The first-order valence-corrected chi connectivity index (χ1v) is 12.7. The van der Waals surface area contributed by atoms with Gasteiger partial charge in [-0.3, -0.25) is 4.90 Å². The Morgan fingerprint density at radius 2 is 1.58 bits per heavy atom. The van der Waals surface area contributed by atoms with Crippen molar-refractivity contribution < 1.29 is 4.74 Å². The number of hydrogen-bond donors (Lipinski definition) is 0. The molecule has 184 valence electrons. The lowest BCUT2D eigenvalue weighted by molar-refractivity contribution is 0.249. The van der Waals surface area contributed by atoms with E-state index in [9.17, 15) is 0 Å². The third-order valence-electron chi connectivity index (χ3n) is 6.97. The summed E-state index contributed by atoms with van der Waals surface area (Å²) in [6.45, 7) is 15.3. The van der Waals surface area contributed by atoms with Gasteiger partial charge in [-0.2, -0.15) is 0 Å². The summed E-state index contributed by atoms with van der Waals surface area (Å²) in [6, 6.07) is 15.0. The van der Waals surface area contributed by atoms with Crippen LogP contribution in [0.1, 0.15) is 64.0 Å². The van der Waals surface area contributed by atoms with Gasteiger partial charge in [0.1, 0.15) is 5.75 Å². The van der Waals surface area contributed by atoms with E-state index < -0.39 is 0 Å². The predicted octanol–water partition coefficient (Wildman–Crippen LogP) is 7.52. The minimum Gasteiger partial charge on any atom is -0.494 e. The summed E-state index contributed by atoms with van der Waals surface area (Å²) in [5.41, 5.74) is 4.02. The Morgan fingerprint density at radius 3 is 2.21 bits per heavy atom. The van der Waals surface area contributed by atoms with Gasteiger partial charge < -0.3 is 9.64 Å². The molecule has 33 heavy (non-hydrogen) atoms. The van der Waals surface area contributed by atoms with Crippen molar-refractivity contribution in [2.24, 2.45) is 0 Å². The van der Waals surface area contributed by atoms with Gasteiger partial charge in [0.15, 0.2) is 0 Å². The van der Waals surface area contributed by atoms with Gasteiger partial charge >= 0.3 is 0 Å². The second-order valence-electron chi connectivity index (χ2n) is 9.81. The zero-order valence-corrected chi connectivity index (χ0v) is 22.5. The van der Waals surface area contributed by atoms with E-state index in [0.29, 0.717) is 0 Å². The third-order valence-corrected chi connectivity index (χ3v) is 7.28. The number of piperazine rings is 1. The number of halogens is 2. The fraction of sp³-hybridized carbons (Fsp3) is 0.571. The van der Waals surface area contributed by atoms with Gasteiger partial charge in [-0.25, -0.2) is 0 Å². The van der Waals surface area contributed by atoms with E-state index in [-0.39, 0.29) is 17.8 Å². The summed E-state index contributed by atoms with van der Waals surface area (Å²) in [7, 11) is 0. The molecule has 2 aromatic carbocycles. The lowest BCUT2D eigenvalue weighted by atomic mass is 9.82. The average Bonchev–Trinajstić information content (AvgIpc) is 2.79.